The Bertz CT molecular complexity index is 605. The quantitative estimate of drug-likeness (QED) is 0.939. The van der Waals surface area contributed by atoms with Crippen LogP contribution in [0, 0.1) is 6.92 Å². The highest BCUT2D eigenvalue weighted by molar-refractivity contribution is 9.10. The molecular weight excluding hydrogens is 312 g/mol. The second kappa shape index (κ2) is 5.44. The Labute approximate surface area is 118 Å². The SMILES string of the molecule is Cc1nn(C)c(OCc2ccc(Br)cc2)c1C(=O)O. The van der Waals surface area contributed by atoms with Crippen LogP contribution in [0.5, 0.6) is 5.88 Å². The van der Waals surface area contributed by atoms with E-state index in [1.54, 1.807) is 14.0 Å². The number of nitrogens with zero attached hydrogens (tertiary/aromatic N) is 2. The Kier molecular flexibility index (Phi) is 3.90. The van der Waals surface area contributed by atoms with E-state index in [0.29, 0.717) is 12.3 Å². The number of aryl methyl sites for hydroxylation is 2. The van der Waals surface area contributed by atoms with Crippen molar-refractivity contribution < 1.29 is 14.6 Å². The third kappa shape index (κ3) is 2.96. The molecule has 6 heteroatoms. The summed E-state index contributed by atoms with van der Waals surface area (Å²) in [5.41, 5.74) is 1.51. The van der Waals surface area contributed by atoms with E-state index in [-0.39, 0.29) is 11.4 Å². The molecule has 0 aliphatic carbocycles. The van der Waals surface area contributed by atoms with Crippen molar-refractivity contribution in [2.45, 2.75) is 13.5 Å². The van der Waals surface area contributed by atoms with Crippen molar-refractivity contribution in [2.24, 2.45) is 7.05 Å². The van der Waals surface area contributed by atoms with Crippen molar-refractivity contribution in [3.05, 3.63) is 45.6 Å². The van der Waals surface area contributed by atoms with Crippen LogP contribution >= 0.6 is 15.9 Å². The molecule has 0 aliphatic heterocycles. The lowest BCUT2D eigenvalue weighted by molar-refractivity contribution is 0.0690. The van der Waals surface area contributed by atoms with Crippen LogP contribution in [-0.4, -0.2) is 20.9 Å². The first kappa shape index (κ1) is 13.6. The van der Waals surface area contributed by atoms with Gasteiger partial charge in [-0.2, -0.15) is 5.10 Å². The molecule has 0 aliphatic rings. The first-order valence-corrected chi connectivity index (χ1v) is 6.42. The maximum atomic E-state index is 11.2. The standard InChI is InChI=1S/C13H13BrN2O3/c1-8-11(13(17)18)12(16(2)15-8)19-7-9-3-5-10(14)6-4-9/h3-6H,7H2,1-2H3,(H,17,18). The highest BCUT2D eigenvalue weighted by atomic mass is 79.9. The second-order valence-electron chi connectivity index (χ2n) is 4.11. The van der Waals surface area contributed by atoms with Gasteiger partial charge in [0.15, 0.2) is 0 Å². The summed E-state index contributed by atoms with van der Waals surface area (Å²) in [5.74, 6) is -0.760. The first-order chi connectivity index (χ1) is 8.99. The summed E-state index contributed by atoms with van der Waals surface area (Å²) in [6.07, 6.45) is 0. The predicted octanol–water partition coefficient (Wildman–Crippen LogP) is 2.77. The lowest BCUT2D eigenvalue weighted by Crippen LogP contribution is -2.05. The van der Waals surface area contributed by atoms with Gasteiger partial charge in [-0.15, -0.1) is 0 Å². The molecule has 1 aromatic carbocycles. The van der Waals surface area contributed by atoms with Crippen LogP contribution in [0.4, 0.5) is 0 Å². The van der Waals surface area contributed by atoms with Crippen LogP contribution in [0.3, 0.4) is 0 Å². The number of carboxylic acids is 1. The van der Waals surface area contributed by atoms with Gasteiger partial charge >= 0.3 is 5.97 Å². The summed E-state index contributed by atoms with van der Waals surface area (Å²) in [6.45, 7) is 1.95. The monoisotopic (exact) mass is 324 g/mol. The third-order valence-electron chi connectivity index (χ3n) is 2.67. The molecule has 0 spiro atoms. The Balaban J connectivity index is 2.20. The van der Waals surface area contributed by atoms with E-state index in [4.69, 9.17) is 9.84 Å². The molecule has 2 aromatic rings. The average Bonchev–Trinajstić information content (AvgIpc) is 2.63. The zero-order valence-electron chi connectivity index (χ0n) is 10.6. The topological polar surface area (TPSA) is 64.4 Å². The molecule has 1 N–H and O–H groups in total. The van der Waals surface area contributed by atoms with Crippen molar-refractivity contribution in [2.75, 3.05) is 0 Å². The van der Waals surface area contributed by atoms with Crippen molar-refractivity contribution in [3.63, 3.8) is 0 Å². The fourth-order valence-electron chi connectivity index (χ4n) is 1.78. The molecule has 0 amide bonds. The van der Waals surface area contributed by atoms with Crippen LogP contribution in [0.1, 0.15) is 21.6 Å². The van der Waals surface area contributed by atoms with Gasteiger partial charge in [0.05, 0.1) is 5.69 Å². The number of hydrogen-bond acceptors (Lipinski definition) is 3. The Hall–Kier alpha value is -1.82. The maximum Gasteiger partial charge on any atom is 0.343 e. The highest BCUT2D eigenvalue weighted by Crippen LogP contribution is 2.22. The van der Waals surface area contributed by atoms with E-state index in [9.17, 15) is 4.79 Å². The van der Waals surface area contributed by atoms with Crippen LogP contribution < -0.4 is 4.74 Å². The van der Waals surface area contributed by atoms with Crippen LogP contribution in [0.25, 0.3) is 0 Å². The molecule has 0 atom stereocenters. The Morgan fingerprint density at radius 2 is 2.05 bits per heavy atom. The van der Waals surface area contributed by atoms with Crippen molar-refractivity contribution >= 4 is 21.9 Å². The fraction of sp³-hybridized carbons (Fsp3) is 0.231. The van der Waals surface area contributed by atoms with Crippen LogP contribution in [0.15, 0.2) is 28.7 Å². The molecule has 0 unspecified atom stereocenters. The average molecular weight is 325 g/mol. The molecule has 1 heterocycles. The van der Waals surface area contributed by atoms with Gasteiger partial charge in [0.1, 0.15) is 12.2 Å². The summed E-state index contributed by atoms with van der Waals surface area (Å²) >= 11 is 3.35. The molecule has 0 radical (unpaired) electrons. The molecule has 0 bridgehead atoms. The number of carboxylic acid groups (broad SMARTS) is 1. The number of carbonyl (C=O) groups is 1. The molecule has 1 aromatic heterocycles. The normalized spacial score (nSPS) is 10.5. The van der Waals surface area contributed by atoms with Gasteiger partial charge in [-0.25, -0.2) is 9.48 Å². The van der Waals surface area contributed by atoms with E-state index in [2.05, 4.69) is 21.0 Å². The lowest BCUT2D eigenvalue weighted by Gasteiger charge is -2.07. The summed E-state index contributed by atoms with van der Waals surface area (Å²) in [6, 6.07) is 7.64. The van der Waals surface area contributed by atoms with Gasteiger partial charge in [0, 0.05) is 11.5 Å². The van der Waals surface area contributed by atoms with Gasteiger partial charge < -0.3 is 9.84 Å². The third-order valence-corrected chi connectivity index (χ3v) is 3.20. The minimum atomic E-state index is -1.03. The van der Waals surface area contributed by atoms with E-state index >= 15 is 0 Å². The van der Waals surface area contributed by atoms with Gasteiger partial charge in [-0.1, -0.05) is 28.1 Å². The molecule has 0 fully saturated rings. The summed E-state index contributed by atoms with van der Waals surface area (Å²) < 4.78 is 8.01. The molecule has 19 heavy (non-hydrogen) atoms. The van der Waals surface area contributed by atoms with Crippen molar-refractivity contribution in [3.8, 4) is 5.88 Å². The van der Waals surface area contributed by atoms with E-state index in [1.165, 1.54) is 4.68 Å². The largest absolute Gasteiger partial charge is 0.477 e. The summed E-state index contributed by atoms with van der Waals surface area (Å²) in [5, 5.41) is 13.2. The Morgan fingerprint density at radius 3 is 2.63 bits per heavy atom. The number of hydrogen-bond donors (Lipinski definition) is 1. The first-order valence-electron chi connectivity index (χ1n) is 5.63. The van der Waals surface area contributed by atoms with Crippen molar-refractivity contribution in [1.29, 1.82) is 0 Å². The number of benzene rings is 1. The number of ether oxygens (including phenoxy) is 1. The van der Waals surface area contributed by atoms with Gasteiger partial charge in [-0.3, -0.25) is 0 Å². The zero-order chi connectivity index (χ0) is 14.0. The summed E-state index contributed by atoms with van der Waals surface area (Å²) in [7, 11) is 1.66. The van der Waals surface area contributed by atoms with Crippen molar-refractivity contribution in [1.82, 2.24) is 9.78 Å². The van der Waals surface area contributed by atoms with Gasteiger partial charge in [0.25, 0.3) is 0 Å². The molecule has 0 saturated carbocycles. The van der Waals surface area contributed by atoms with Crippen LogP contribution in [-0.2, 0) is 13.7 Å². The molecular formula is C13H13BrN2O3. The summed E-state index contributed by atoms with van der Waals surface area (Å²) in [4.78, 5) is 11.2. The van der Waals surface area contributed by atoms with E-state index < -0.39 is 5.97 Å². The fourth-order valence-corrected chi connectivity index (χ4v) is 2.05. The smallest absolute Gasteiger partial charge is 0.343 e. The minimum absolute atomic E-state index is 0.111. The minimum Gasteiger partial charge on any atom is -0.477 e. The van der Waals surface area contributed by atoms with Crippen LogP contribution in [0.2, 0.25) is 0 Å². The van der Waals surface area contributed by atoms with E-state index in [1.807, 2.05) is 24.3 Å². The number of aromatic carboxylic acids is 1. The second-order valence-corrected chi connectivity index (χ2v) is 5.03. The van der Waals surface area contributed by atoms with E-state index in [0.717, 1.165) is 10.0 Å². The predicted molar refractivity (Wildman–Crippen MR) is 73.4 cm³/mol. The molecule has 0 saturated heterocycles. The number of rotatable bonds is 4. The molecule has 100 valence electrons. The highest BCUT2D eigenvalue weighted by Gasteiger charge is 2.20. The van der Waals surface area contributed by atoms with Gasteiger partial charge in [0.2, 0.25) is 5.88 Å². The lowest BCUT2D eigenvalue weighted by atomic mass is 10.2. The Morgan fingerprint density at radius 1 is 1.42 bits per heavy atom. The number of halogens is 1. The number of aromatic nitrogens is 2. The molecule has 5 nitrogen and oxygen atoms in total. The molecule has 2 rings (SSSR count). The maximum absolute atomic E-state index is 11.2. The zero-order valence-corrected chi connectivity index (χ0v) is 12.1. The van der Waals surface area contributed by atoms with Gasteiger partial charge in [-0.05, 0) is 24.6 Å².